The lowest BCUT2D eigenvalue weighted by Crippen LogP contribution is -2.41. The zero-order valence-corrected chi connectivity index (χ0v) is 13.5. The number of carbonyl (C=O) groups is 2. The molecule has 0 spiro atoms. The summed E-state index contributed by atoms with van der Waals surface area (Å²) in [5.41, 5.74) is 1.33. The van der Waals surface area contributed by atoms with E-state index in [1.54, 1.807) is 4.90 Å². The van der Waals surface area contributed by atoms with Crippen LogP contribution in [0.3, 0.4) is 0 Å². The second-order valence-corrected chi connectivity index (χ2v) is 6.02. The number of nitrogens with zero attached hydrogens (tertiary/aromatic N) is 5. The van der Waals surface area contributed by atoms with Crippen molar-refractivity contribution in [2.45, 2.75) is 19.5 Å². The Balaban J connectivity index is 1.42. The normalized spacial score (nSPS) is 14.1. The number of fused-ring (bicyclic) bond motifs is 2. The molecule has 0 atom stereocenters. The molecule has 1 aliphatic heterocycles. The molecule has 0 unspecified atom stereocenters. The summed E-state index contributed by atoms with van der Waals surface area (Å²) >= 11 is 0. The van der Waals surface area contributed by atoms with Crippen molar-refractivity contribution in [2.75, 3.05) is 13.1 Å². The first-order chi connectivity index (χ1) is 12.1. The number of amides is 1. The molecule has 0 radical (unpaired) electrons. The fraction of sp³-hybridized carbons (Fsp3) is 0.294. The van der Waals surface area contributed by atoms with E-state index in [9.17, 15) is 9.59 Å². The van der Waals surface area contributed by atoms with E-state index in [1.165, 1.54) is 10.7 Å². The van der Waals surface area contributed by atoms with Crippen molar-refractivity contribution in [3.63, 3.8) is 0 Å². The number of aromatic nitrogens is 4. The van der Waals surface area contributed by atoms with E-state index in [-0.39, 0.29) is 11.6 Å². The van der Waals surface area contributed by atoms with Crippen molar-refractivity contribution in [1.82, 2.24) is 24.5 Å². The first kappa shape index (κ1) is 15.4. The summed E-state index contributed by atoms with van der Waals surface area (Å²) in [5.74, 6) is -1.29. The first-order valence-corrected chi connectivity index (χ1v) is 8.14. The summed E-state index contributed by atoms with van der Waals surface area (Å²) in [7, 11) is 0. The highest BCUT2D eigenvalue weighted by atomic mass is 16.4. The van der Waals surface area contributed by atoms with Crippen LogP contribution in [0, 0.1) is 0 Å². The molecule has 8 nitrogen and oxygen atoms in total. The van der Waals surface area contributed by atoms with Crippen molar-refractivity contribution >= 4 is 22.8 Å². The second kappa shape index (κ2) is 6.04. The molecule has 2 aromatic heterocycles. The third kappa shape index (κ3) is 2.75. The lowest BCUT2D eigenvalue weighted by Gasteiger charge is -2.27. The minimum absolute atomic E-state index is 0.0896. The number of aryl methyl sites for hydroxylation is 1. The van der Waals surface area contributed by atoms with E-state index in [2.05, 4.69) is 10.2 Å². The monoisotopic (exact) mass is 339 g/mol. The average molecular weight is 339 g/mol. The highest BCUT2D eigenvalue weighted by Crippen LogP contribution is 2.16. The van der Waals surface area contributed by atoms with Crippen molar-refractivity contribution in [3.8, 4) is 0 Å². The van der Waals surface area contributed by atoms with Crippen LogP contribution >= 0.6 is 0 Å². The molecule has 0 saturated heterocycles. The van der Waals surface area contributed by atoms with Gasteiger partial charge in [0.15, 0.2) is 5.69 Å². The molecular weight excluding hydrogens is 322 g/mol. The molecule has 3 aromatic rings. The first-order valence-electron chi connectivity index (χ1n) is 8.14. The van der Waals surface area contributed by atoms with E-state index in [0.717, 1.165) is 23.9 Å². The smallest absolute Gasteiger partial charge is 0.356 e. The van der Waals surface area contributed by atoms with E-state index < -0.39 is 5.97 Å². The van der Waals surface area contributed by atoms with Gasteiger partial charge in [-0.15, -0.1) is 0 Å². The topological polar surface area (TPSA) is 93.2 Å². The number of hydrogen-bond acceptors (Lipinski definition) is 4. The molecule has 1 aromatic carbocycles. The SMILES string of the molecule is O=C(O)c1cc2n(n1)CCN(CCCn1ncc3ccccc31)C2=O. The predicted molar refractivity (Wildman–Crippen MR) is 89.4 cm³/mol. The van der Waals surface area contributed by atoms with E-state index in [0.29, 0.717) is 25.3 Å². The second-order valence-electron chi connectivity index (χ2n) is 6.02. The van der Waals surface area contributed by atoms with Gasteiger partial charge in [-0.2, -0.15) is 10.2 Å². The van der Waals surface area contributed by atoms with Gasteiger partial charge < -0.3 is 10.0 Å². The van der Waals surface area contributed by atoms with E-state index >= 15 is 0 Å². The molecule has 1 aliphatic rings. The highest BCUT2D eigenvalue weighted by Gasteiger charge is 2.27. The Morgan fingerprint density at radius 3 is 2.88 bits per heavy atom. The van der Waals surface area contributed by atoms with Crippen LogP contribution in [0.5, 0.6) is 0 Å². The molecule has 0 fully saturated rings. The Morgan fingerprint density at radius 1 is 1.20 bits per heavy atom. The van der Waals surface area contributed by atoms with Gasteiger partial charge in [0.2, 0.25) is 0 Å². The Labute approximate surface area is 143 Å². The number of hydrogen-bond donors (Lipinski definition) is 1. The zero-order valence-electron chi connectivity index (χ0n) is 13.5. The molecule has 1 amide bonds. The lowest BCUT2D eigenvalue weighted by molar-refractivity contribution is 0.0675. The van der Waals surface area contributed by atoms with Crippen LogP contribution < -0.4 is 0 Å². The van der Waals surface area contributed by atoms with Crippen molar-refractivity contribution in [1.29, 1.82) is 0 Å². The summed E-state index contributed by atoms with van der Waals surface area (Å²) in [6, 6.07) is 9.36. The summed E-state index contributed by atoms with van der Waals surface area (Å²) < 4.78 is 3.42. The Morgan fingerprint density at radius 2 is 2.04 bits per heavy atom. The van der Waals surface area contributed by atoms with Crippen molar-refractivity contribution in [3.05, 3.63) is 47.9 Å². The van der Waals surface area contributed by atoms with Crippen LogP contribution in [-0.4, -0.2) is 54.5 Å². The molecule has 3 heterocycles. The van der Waals surface area contributed by atoms with Gasteiger partial charge in [0, 0.05) is 31.1 Å². The minimum atomic E-state index is -1.12. The fourth-order valence-corrected chi connectivity index (χ4v) is 3.17. The Hall–Kier alpha value is -3.16. The maximum Gasteiger partial charge on any atom is 0.356 e. The summed E-state index contributed by atoms with van der Waals surface area (Å²) in [6.07, 6.45) is 2.62. The minimum Gasteiger partial charge on any atom is -0.476 e. The quantitative estimate of drug-likeness (QED) is 0.760. The molecule has 0 saturated carbocycles. The average Bonchev–Trinajstić information content (AvgIpc) is 3.22. The maximum absolute atomic E-state index is 12.5. The van der Waals surface area contributed by atoms with Crippen LogP contribution in [0.15, 0.2) is 36.5 Å². The maximum atomic E-state index is 12.5. The predicted octanol–water partition coefficient (Wildman–Crippen LogP) is 1.48. The summed E-state index contributed by atoms with van der Waals surface area (Å²) in [4.78, 5) is 25.3. The van der Waals surface area contributed by atoms with Gasteiger partial charge in [-0.25, -0.2) is 4.79 Å². The number of carboxylic acid groups (broad SMARTS) is 1. The Kier molecular flexibility index (Phi) is 3.72. The van der Waals surface area contributed by atoms with Gasteiger partial charge in [-0.3, -0.25) is 14.2 Å². The summed E-state index contributed by atoms with van der Waals surface area (Å²) in [6.45, 7) is 2.36. The number of carbonyl (C=O) groups excluding carboxylic acids is 1. The molecule has 8 heteroatoms. The third-order valence-electron chi connectivity index (χ3n) is 4.44. The highest BCUT2D eigenvalue weighted by molar-refractivity contribution is 5.96. The van der Waals surface area contributed by atoms with Gasteiger partial charge >= 0.3 is 5.97 Å². The number of rotatable bonds is 5. The number of carboxylic acids is 1. The van der Waals surface area contributed by atoms with Crippen LogP contribution in [0.1, 0.15) is 27.4 Å². The molecule has 4 rings (SSSR count). The van der Waals surface area contributed by atoms with Gasteiger partial charge in [0.05, 0.1) is 18.3 Å². The van der Waals surface area contributed by atoms with Crippen molar-refractivity contribution in [2.24, 2.45) is 0 Å². The van der Waals surface area contributed by atoms with Gasteiger partial charge in [0.25, 0.3) is 5.91 Å². The molecule has 0 bridgehead atoms. The molecular formula is C17H17N5O3. The van der Waals surface area contributed by atoms with Gasteiger partial charge in [-0.05, 0) is 12.5 Å². The number of para-hydroxylation sites is 1. The van der Waals surface area contributed by atoms with Crippen LogP contribution in [0.25, 0.3) is 10.9 Å². The van der Waals surface area contributed by atoms with Crippen LogP contribution in [0.2, 0.25) is 0 Å². The van der Waals surface area contributed by atoms with E-state index in [4.69, 9.17) is 5.11 Å². The number of aromatic carboxylic acids is 1. The van der Waals surface area contributed by atoms with E-state index in [1.807, 2.05) is 35.1 Å². The molecule has 128 valence electrons. The standard InChI is InChI=1S/C17H17N5O3/c23-16-15-10-13(17(24)25)19-22(15)9-8-20(16)6-3-7-21-14-5-2-1-4-12(14)11-18-21/h1-2,4-5,10-11H,3,6-9H2,(H,24,25). The van der Waals surface area contributed by atoms with Crippen LogP contribution in [-0.2, 0) is 13.1 Å². The Bertz CT molecular complexity index is 958. The number of benzene rings is 1. The van der Waals surface area contributed by atoms with Crippen LogP contribution in [0.4, 0.5) is 0 Å². The fourth-order valence-electron chi connectivity index (χ4n) is 3.17. The zero-order chi connectivity index (χ0) is 17.4. The van der Waals surface area contributed by atoms with Crippen molar-refractivity contribution < 1.29 is 14.7 Å². The third-order valence-corrected chi connectivity index (χ3v) is 4.44. The molecule has 1 N–H and O–H groups in total. The van der Waals surface area contributed by atoms with Gasteiger partial charge in [0.1, 0.15) is 5.69 Å². The summed E-state index contributed by atoms with van der Waals surface area (Å²) in [5, 5.41) is 18.4. The molecule has 0 aliphatic carbocycles. The molecule has 25 heavy (non-hydrogen) atoms. The lowest BCUT2D eigenvalue weighted by atomic mass is 10.2. The largest absolute Gasteiger partial charge is 0.476 e. The van der Waals surface area contributed by atoms with Gasteiger partial charge in [-0.1, -0.05) is 18.2 Å².